The first kappa shape index (κ1) is 25.7. The number of aromatic amines is 1. The summed E-state index contributed by atoms with van der Waals surface area (Å²) < 4.78 is 5.35. The summed E-state index contributed by atoms with van der Waals surface area (Å²) in [5.74, 6) is -1.60. The maximum Gasteiger partial charge on any atom is 0.407 e. The Morgan fingerprint density at radius 2 is 1.91 bits per heavy atom. The smallest absolute Gasteiger partial charge is 0.407 e. The van der Waals surface area contributed by atoms with Gasteiger partial charge >= 0.3 is 12.1 Å². The molecule has 2 heterocycles. The molecule has 11 heteroatoms. The minimum atomic E-state index is -1.09. The van der Waals surface area contributed by atoms with Crippen LogP contribution < -0.4 is 15.5 Å². The lowest BCUT2D eigenvalue weighted by atomic mass is 10.0. The predicted molar refractivity (Wildman–Crippen MR) is 132 cm³/mol. The van der Waals surface area contributed by atoms with E-state index in [0.717, 1.165) is 12.8 Å². The molecule has 1 aliphatic heterocycles. The van der Waals surface area contributed by atoms with Crippen LogP contribution in [0.1, 0.15) is 60.2 Å². The average molecular weight is 511 g/mol. The van der Waals surface area contributed by atoms with Gasteiger partial charge in [-0.3, -0.25) is 4.79 Å². The first-order chi connectivity index (χ1) is 15.9. The lowest BCUT2D eigenvalue weighted by molar-refractivity contribution is 0.0499. The van der Waals surface area contributed by atoms with E-state index < -0.39 is 23.6 Å². The van der Waals surface area contributed by atoms with E-state index in [4.69, 9.17) is 27.9 Å². The van der Waals surface area contributed by atoms with E-state index in [1.165, 1.54) is 18.2 Å². The molecule has 1 atom stereocenters. The molecule has 1 fully saturated rings. The molecule has 1 aromatic carbocycles. The van der Waals surface area contributed by atoms with Crippen LogP contribution in [0.4, 0.5) is 16.2 Å². The second kappa shape index (κ2) is 10.1. The highest BCUT2D eigenvalue weighted by molar-refractivity contribution is 6.44. The zero-order valence-electron chi connectivity index (χ0n) is 19.4. The number of rotatable bonds is 5. The van der Waals surface area contributed by atoms with Crippen molar-refractivity contribution in [3.05, 3.63) is 45.2 Å². The second-order valence-electron chi connectivity index (χ2n) is 9.18. The Kier molecular flexibility index (Phi) is 7.67. The summed E-state index contributed by atoms with van der Waals surface area (Å²) in [6.07, 6.45) is 0.981. The summed E-state index contributed by atoms with van der Waals surface area (Å²) in [5.41, 5.74) is 1.06. The fourth-order valence-electron chi connectivity index (χ4n) is 3.73. The number of carbonyl (C=O) groups is 3. The van der Waals surface area contributed by atoms with Gasteiger partial charge < -0.3 is 30.4 Å². The molecule has 184 valence electrons. The standard InChI is InChI=1S/C23H28Cl2N4O5/c1-12-17(24)18(25)19(26-12)20(30)28-15-8-7-13(21(31)32)10-16(15)29-9-5-6-14(11-29)27-22(33)34-23(2,3)4/h7-8,10,14,26H,5-6,9,11H2,1-4H3,(H,27,33)(H,28,30)(H,31,32)/t14-/m0/s1. The van der Waals surface area contributed by atoms with E-state index in [-0.39, 0.29) is 27.3 Å². The molecule has 0 spiro atoms. The number of benzene rings is 1. The molecule has 3 rings (SSSR count). The van der Waals surface area contributed by atoms with Gasteiger partial charge in [-0.25, -0.2) is 9.59 Å². The molecule has 1 saturated heterocycles. The maximum atomic E-state index is 12.9. The summed E-state index contributed by atoms with van der Waals surface area (Å²) in [6.45, 7) is 8.10. The molecule has 9 nitrogen and oxygen atoms in total. The van der Waals surface area contributed by atoms with Crippen LogP contribution in [0.2, 0.25) is 10.0 Å². The Hall–Kier alpha value is -2.91. The number of alkyl carbamates (subject to hydrolysis) is 1. The molecule has 0 aliphatic carbocycles. The van der Waals surface area contributed by atoms with Crippen molar-refractivity contribution in [2.24, 2.45) is 0 Å². The number of hydrogen-bond acceptors (Lipinski definition) is 5. The van der Waals surface area contributed by atoms with Crippen molar-refractivity contribution >= 4 is 52.5 Å². The Labute approximate surface area is 207 Å². The molecular weight excluding hydrogens is 483 g/mol. The molecule has 2 aromatic rings. The number of ether oxygens (including phenoxy) is 1. The van der Waals surface area contributed by atoms with Gasteiger partial charge in [-0.15, -0.1) is 0 Å². The van der Waals surface area contributed by atoms with Crippen LogP contribution in [0.25, 0.3) is 0 Å². The van der Waals surface area contributed by atoms with Gasteiger partial charge in [-0.2, -0.15) is 0 Å². The van der Waals surface area contributed by atoms with Crippen LogP contribution in [-0.2, 0) is 4.74 Å². The van der Waals surface area contributed by atoms with Crippen LogP contribution in [0.5, 0.6) is 0 Å². The van der Waals surface area contributed by atoms with E-state index in [1.54, 1.807) is 27.7 Å². The van der Waals surface area contributed by atoms with E-state index in [0.29, 0.717) is 30.2 Å². The normalized spacial score (nSPS) is 16.2. The molecule has 34 heavy (non-hydrogen) atoms. The molecule has 1 aliphatic rings. The first-order valence-corrected chi connectivity index (χ1v) is 11.6. The lowest BCUT2D eigenvalue weighted by Gasteiger charge is -2.36. The highest BCUT2D eigenvalue weighted by Gasteiger charge is 2.27. The molecule has 2 amide bonds. The number of carboxylic acids is 1. The first-order valence-electron chi connectivity index (χ1n) is 10.8. The van der Waals surface area contributed by atoms with Gasteiger partial charge in [0.15, 0.2) is 0 Å². The predicted octanol–water partition coefficient (Wildman–Crippen LogP) is 5.07. The van der Waals surface area contributed by atoms with Gasteiger partial charge in [0, 0.05) is 24.8 Å². The Bertz CT molecular complexity index is 1110. The number of carbonyl (C=O) groups excluding carboxylic acids is 2. The Morgan fingerprint density at radius 3 is 2.50 bits per heavy atom. The maximum absolute atomic E-state index is 12.9. The third-order valence-corrected chi connectivity index (χ3v) is 6.20. The van der Waals surface area contributed by atoms with Crippen molar-refractivity contribution in [3.8, 4) is 0 Å². The van der Waals surface area contributed by atoms with Crippen molar-refractivity contribution in [3.63, 3.8) is 0 Å². The van der Waals surface area contributed by atoms with Crippen LogP contribution >= 0.6 is 23.2 Å². The summed E-state index contributed by atoms with van der Waals surface area (Å²) in [4.78, 5) is 41.5. The van der Waals surface area contributed by atoms with Crippen LogP contribution in [0.15, 0.2) is 18.2 Å². The molecule has 0 saturated carbocycles. The number of anilines is 2. The number of halogens is 2. The fourth-order valence-corrected chi connectivity index (χ4v) is 4.15. The number of H-pyrrole nitrogens is 1. The highest BCUT2D eigenvalue weighted by atomic mass is 35.5. The van der Waals surface area contributed by atoms with Gasteiger partial charge in [0.05, 0.1) is 27.0 Å². The van der Waals surface area contributed by atoms with E-state index >= 15 is 0 Å². The number of nitrogens with one attached hydrogen (secondary N) is 3. The number of piperidine rings is 1. The summed E-state index contributed by atoms with van der Waals surface area (Å²) in [5, 5.41) is 15.5. The quantitative estimate of drug-likeness (QED) is 0.444. The highest BCUT2D eigenvalue weighted by Crippen LogP contribution is 2.33. The molecule has 4 N–H and O–H groups in total. The number of hydrogen-bond donors (Lipinski definition) is 4. The van der Waals surface area contributed by atoms with Crippen molar-refractivity contribution in [1.82, 2.24) is 10.3 Å². The lowest BCUT2D eigenvalue weighted by Crippen LogP contribution is -2.49. The zero-order valence-corrected chi connectivity index (χ0v) is 20.9. The fraction of sp³-hybridized carbons (Fsp3) is 0.435. The van der Waals surface area contributed by atoms with E-state index in [1.807, 2.05) is 4.90 Å². The third kappa shape index (κ3) is 6.15. The number of aromatic carboxylic acids is 1. The van der Waals surface area contributed by atoms with Crippen LogP contribution in [0.3, 0.4) is 0 Å². The van der Waals surface area contributed by atoms with Crippen molar-refractivity contribution in [1.29, 1.82) is 0 Å². The summed E-state index contributed by atoms with van der Waals surface area (Å²) >= 11 is 12.3. The zero-order chi connectivity index (χ0) is 25.2. The average Bonchev–Trinajstić information content (AvgIpc) is 3.00. The second-order valence-corrected chi connectivity index (χ2v) is 9.93. The number of nitrogens with zero attached hydrogens (tertiary/aromatic N) is 1. The number of carboxylic acid groups (broad SMARTS) is 1. The SMILES string of the molecule is Cc1[nH]c(C(=O)Nc2ccc(C(=O)O)cc2N2CCC[C@H](NC(=O)OC(C)(C)C)C2)c(Cl)c1Cl. The summed E-state index contributed by atoms with van der Waals surface area (Å²) in [7, 11) is 0. The van der Waals surface area contributed by atoms with Gasteiger partial charge in [0.25, 0.3) is 5.91 Å². The number of aromatic nitrogens is 1. The van der Waals surface area contributed by atoms with Gasteiger partial charge in [-0.05, 0) is 58.7 Å². The number of aryl methyl sites for hydroxylation is 1. The molecule has 0 unspecified atom stereocenters. The van der Waals surface area contributed by atoms with Gasteiger partial charge in [0.1, 0.15) is 11.3 Å². The summed E-state index contributed by atoms with van der Waals surface area (Å²) in [6, 6.07) is 4.24. The number of amides is 2. The molecular formula is C23H28Cl2N4O5. The molecule has 0 bridgehead atoms. The Morgan fingerprint density at radius 1 is 1.21 bits per heavy atom. The van der Waals surface area contributed by atoms with Gasteiger partial charge in [-0.1, -0.05) is 23.2 Å². The van der Waals surface area contributed by atoms with Crippen molar-refractivity contribution in [2.45, 2.75) is 52.2 Å². The largest absolute Gasteiger partial charge is 0.478 e. The van der Waals surface area contributed by atoms with Crippen molar-refractivity contribution in [2.75, 3.05) is 23.3 Å². The third-order valence-electron chi connectivity index (χ3n) is 5.26. The van der Waals surface area contributed by atoms with Crippen molar-refractivity contribution < 1.29 is 24.2 Å². The van der Waals surface area contributed by atoms with E-state index in [9.17, 15) is 19.5 Å². The van der Waals surface area contributed by atoms with Gasteiger partial charge in [0.2, 0.25) is 0 Å². The topological polar surface area (TPSA) is 124 Å². The molecule has 0 radical (unpaired) electrons. The Balaban J connectivity index is 1.85. The van der Waals surface area contributed by atoms with Crippen LogP contribution in [0, 0.1) is 6.92 Å². The molecule has 1 aromatic heterocycles. The monoisotopic (exact) mass is 510 g/mol. The minimum absolute atomic E-state index is 0.0759. The van der Waals surface area contributed by atoms with Crippen LogP contribution in [-0.4, -0.2) is 52.8 Å². The minimum Gasteiger partial charge on any atom is -0.478 e. The van der Waals surface area contributed by atoms with E-state index in [2.05, 4.69) is 15.6 Å².